The molecule has 20 heavy (non-hydrogen) atoms. The number of benzene rings is 2. The lowest BCUT2D eigenvalue weighted by Gasteiger charge is -2.15. The summed E-state index contributed by atoms with van der Waals surface area (Å²) in [5, 5.41) is 3.52. The standard InChI is InChI=1S/C18H23NO/c1-4-20-16-9-7-8-15(12-16)13-19-18-11-6-5-10-17(18)14(2)3/h5-12,14,19H,4,13H2,1-3H3. The number of para-hydroxylation sites is 1. The van der Waals surface area contributed by atoms with Crippen LogP contribution in [0.2, 0.25) is 0 Å². The molecule has 0 spiro atoms. The molecule has 0 amide bonds. The monoisotopic (exact) mass is 269 g/mol. The minimum Gasteiger partial charge on any atom is -0.494 e. The Morgan fingerprint density at radius 2 is 1.85 bits per heavy atom. The lowest BCUT2D eigenvalue weighted by Crippen LogP contribution is -2.03. The van der Waals surface area contributed by atoms with Crippen LogP contribution in [-0.4, -0.2) is 6.61 Å². The summed E-state index contributed by atoms with van der Waals surface area (Å²) >= 11 is 0. The van der Waals surface area contributed by atoms with Gasteiger partial charge in [-0.2, -0.15) is 0 Å². The molecule has 2 aromatic carbocycles. The molecule has 106 valence electrons. The minimum atomic E-state index is 0.522. The van der Waals surface area contributed by atoms with Crippen LogP contribution in [0.5, 0.6) is 5.75 Å². The Bertz CT molecular complexity index is 549. The van der Waals surface area contributed by atoms with E-state index in [1.54, 1.807) is 0 Å². The third-order valence-corrected chi connectivity index (χ3v) is 3.28. The van der Waals surface area contributed by atoms with Crippen LogP contribution < -0.4 is 10.1 Å². The zero-order chi connectivity index (χ0) is 14.4. The van der Waals surface area contributed by atoms with Gasteiger partial charge in [-0.1, -0.05) is 44.2 Å². The number of anilines is 1. The van der Waals surface area contributed by atoms with Crippen molar-refractivity contribution in [3.63, 3.8) is 0 Å². The molecule has 0 unspecified atom stereocenters. The molecule has 0 bridgehead atoms. The first kappa shape index (κ1) is 14.4. The molecule has 0 aliphatic rings. The van der Waals surface area contributed by atoms with Crippen LogP contribution in [0.1, 0.15) is 37.8 Å². The van der Waals surface area contributed by atoms with Gasteiger partial charge in [-0.15, -0.1) is 0 Å². The Kier molecular flexibility index (Phi) is 5.05. The van der Waals surface area contributed by atoms with Crippen LogP contribution in [0.25, 0.3) is 0 Å². The molecule has 0 fully saturated rings. The van der Waals surface area contributed by atoms with Crippen molar-refractivity contribution >= 4 is 5.69 Å². The molecule has 2 aromatic rings. The molecule has 0 saturated carbocycles. The predicted molar refractivity (Wildman–Crippen MR) is 85.5 cm³/mol. The highest BCUT2D eigenvalue weighted by Gasteiger charge is 2.05. The van der Waals surface area contributed by atoms with Gasteiger partial charge < -0.3 is 10.1 Å². The lowest BCUT2D eigenvalue weighted by molar-refractivity contribution is 0.340. The first-order valence-electron chi connectivity index (χ1n) is 7.25. The van der Waals surface area contributed by atoms with E-state index in [1.807, 2.05) is 19.1 Å². The maximum atomic E-state index is 5.53. The third kappa shape index (κ3) is 3.77. The van der Waals surface area contributed by atoms with Crippen molar-refractivity contribution in [3.05, 3.63) is 59.7 Å². The molecule has 2 nitrogen and oxygen atoms in total. The van der Waals surface area contributed by atoms with Crippen LogP contribution >= 0.6 is 0 Å². The van der Waals surface area contributed by atoms with Crippen molar-refractivity contribution in [3.8, 4) is 5.75 Å². The van der Waals surface area contributed by atoms with Gasteiger partial charge in [-0.3, -0.25) is 0 Å². The number of nitrogens with one attached hydrogen (secondary N) is 1. The molecule has 0 aliphatic carbocycles. The van der Waals surface area contributed by atoms with Crippen molar-refractivity contribution in [2.75, 3.05) is 11.9 Å². The number of hydrogen-bond acceptors (Lipinski definition) is 2. The topological polar surface area (TPSA) is 21.3 Å². The summed E-state index contributed by atoms with van der Waals surface area (Å²) in [4.78, 5) is 0. The van der Waals surface area contributed by atoms with Gasteiger partial charge in [0.15, 0.2) is 0 Å². The molecular formula is C18H23NO. The second kappa shape index (κ2) is 6.99. The van der Waals surface area contributed by atoms with E-state index in [4.69, 9.17) is 4.74 Å². The second-order valence-corrected chi connectivity index (χ2v) is 5.18. The van der Waals surface area contributed by atoms with Crippen molar-refractivity contribution in [2.45, 2.75) is 33.2 Å². The van der Waals surface area contributed by atoms with Gasteiger partial charge in [-0.25, -0.2) is 0 Å². The summed E-state index contributed by atoms with van der Waals surface area (Å²) in [6, 6.07) is 16.7. The molecule has 0 radical (unpaired) electrons. The number of hydrogen-bond donors (Lipinski definition) is 1. The van der Waals surface area contributed by atoms with Crippen LogP contribution in [0, 0.1) is 0 Å². The van der Waals surface area contributed by atoms with Crippen LogP contribution in [0.3, 0.4) is 0 Å². The van der Waals surface area contributed by atoms with E-state index >= 15 is 0 Å². The Morgan fingerprint density at radius 1 is 1.05 bits per heavy atom. The number of rotatable bonds is 6. The van der Waals surface area contributed by atoms with Crippen molar-refractivity contribution < 1.29 is 4.74 Å². The molecule has 2 heteroatoms. The summed E-state index contributed by atoms with van der Waals surface area (Å²) in [5.74, 6) is 1.46. The maximum Gasteiger partial charge on any atom is 0.119 e. The minimum absolute atomic E-state index is 0.522. The highest BCUT2D eigenvalue weighted by Crippen LogP contribution is 2.24. The molecule has 2 rings (SSSR count). The van der Waals surface area contributed by atoms with Crippen LogP contribution in [0.4, 0.5) is 5.69 Å². The first-order valence-corrected chi connectivity index (χ1v) is 7.25. The van der Waals surface area contributed by atoms with E-state index in [9.17, 15) is 0 Å². The Labute approximate surface area is 121 Å². The molecule has 0 heterocycles. The molecule has 0 aliphatic heterocycles. The molecular weight excluding hydrogens is 246 g/mol. The Balaban J connectivity index is 2.07. The van der Waals surface area contributed by atoms with Gasteiger partial charge in [0.2, 0.25) is 0 Å². The Hall–Kier alpha value is -1.96. The highest BCUT2D eigenvalue weighted by atomic mass is 16.5. The molecule has 1 N–H and O–H groups in total. The SMILES string of the molecule is CCOc1cccc(CNc2ccccc2C(C)C)c1. The molecule has 0 aromatic heterocycles. The largest absolute Gasteiger partial charge is 0.494 e. The van der Waals surface area contributed by atoms with Crippen molar-refractivity contribution in [2.24, 2.45) is 0 Å². The normalized spacial score (nSPS) is 10.6. The van der Waals surface area contributed by atoms with E-state index in [0.717, 1.165) is 12.3 Å². The van der Waals surface area contributed by atoms with Crippen molar-refractivity contribution in [1.29, 1.82) is 0 Å². The van der Waals surface area contributed by atoms with Crippen LogP contribution in [-0.2, 0) is 6.54 Å². The van der Waals surface area contributed by atoms with Gasteiger partial charge in [0, 0.05) is 12.2 Å². The quantitative estimate of drug-likeness (QED) is 0.811. The highest BCUT2D eigenvalue weighted by molar-refractivity contribution is 5.53. The smallest absolute Gasteiger partial charge is 0.119 e. The zero-order valence-corrected chi connectivity index (χ0v) is 12.5. The summed E-state index contributed by atoms with van der Waals surface area (Å²) in [6.45, 7) is 7.95. The fourth-order valence-corrected chi connectivity index (χ4v) is 2.27. The first-order chi connectivity index (χ1) is 9.70. The van der Waals surface area contributed by atoms with Gasteiger partial charge >= 0.3 is 0 Å². The van der Waals surface area contributed by atoms with Crippen molar-refractivity contribution in [1.82, 2.24) is 0 Å². The van der Waals surface area contributed by atoms with E-state index in [1.165, 1.54) is 16.8 Å². The van der Waals surface area contributed by atoms with Gasteiger partial charge in [0.1, 0.15) is 5.75 Å². The molecule has 0 saturated heterocycles. The van der Waals surface area contributed by atoms with E-state index < -0.39 is 0 Å². The fourth-order valence-electron chi connectivity index (χ4n) is 2.27. The van der Waals surface area contributed by atoms with Gasteiger partial charge in [0.25, 0.3) is 0 Å². The number of ether oxygens (including phenoxy) is 1. The summed E-state index contributed by atoms with van der Waals surface area (Å²) in [7, 11) is 0. The zero-order valence-electron chi connectivity index (χ0n) is 12.5. The summed E-state index contributed by atoms with van der Waals surface area (Å²) in [6.07, 6.45) is 0. The average molecular weight is 269 g/mol. The van der Waals surface area contributed by atoms with Gasteiger partial charge in [-0.05, 0) is 42.2 Å². The fraction of sp³-hybridized carbons (Fsp3) is 0.333. The maximum absolute atomic E-state index is 5.53. The summed E-state index contributed by atoms with van der Waals surface area (Å²) in [5.41, 5.74) is 3.80. The second-order valence-electron chi connectivity index (χ2n) is 5.18. The molecule has 0 atom stereocenters. The van der Waals surface area contributed by atoms with E-state index in [-0.39, 0.29) is 0 Å². The Morgan fingerprint density at radius 3 is 2.60 bits per heavy atom. The summed E-state index contributed by atoms with van der Waals surface area (Å²) < 4.78 is 5.53. The predicted octanol–water partition coefficient (Wildman–Crippen LogP) is 4.82. The van der Waals surface area contributed by atoms with Gasteiger partial charge in [0.05, 0.1) is 6.61 Å². The average Bonchev–Trinajstić information content (AvgIpc) is 2.46. The lowest BCUT2D eigenvalue weighted by atomic mass is 10.0. The van der Waals surface area contributed by atoms with E-state index in [2.05, 4.69) is 55.6 Å². The van der Waals surface area contributed by atoms with E-state index in [0.29, 0.717) is 12.5 Å². The third-order valence-electron chi connectivity index (χ3n) is 3.28. The van der Waals surface area contributed by atoms with Crippen LogP contribution in [0.15, 0.2) is 48.5 Å².